The number of nitrogens with two attached hydrogens (primary N) is 1. The van der Waals surface area contributed by atoms with Gasteiger partial charge < -0.3 is 92.4 Å². The number of nitriles is 1. The molecule has 6 aromatic carbocycles. The average molecular weight is 2380 g/mol. The minimum Gasteiger partial charge on any atom is -0.870 e. The van der Waals surface area contributed by atoms with Crippen LogP contribution in [0.4, 0.5) is 64.1 Å². The summed E-state index contributed by atoms with van der Waals surface area (Å²) >= 11 is 85.3. The first-order valence-electron chi connectivity index (χ1n) is 34.1. The Balaban J connectivity index is 0.00000150. The van der Waals surface area contributed by atoms with Gasteiger partial charge in [0, 0.05) is 137 Å². The number of anilines is 12. The van der Waals surface area contributed by atoms with Crippen LogP contribution in [0.5, 0.6) is 29.4 Å². The summed E-state index contributed by atoms with van der Waals surface area (Å²) in [4.78, 5) is 69.4. The van der Waals surface area contributed by atoms with E-state index in [1.165, 1.54) is 56.8 Å². The third-order valence-electron chi connectivity index (χ3n) is 13.5. The first kappa shape index (κ1) is 125. The monoisotopic (exact) mass is 2370 g/mol. The zero-order valence-corrected chi connectivity index (χ0v) is 90.6. The number of aliphatic hydroxyl groups excluding tert-OH is 1. The second kappa shape index (κ2) is 64.1. The number of H-pyrrole nitrogens is 1. The van der Waals surface area contributed by atoms with Gasteiger partial charge in [-0.1, -0.05) is 159 Å². The fourth-order valence-corrected chi connectivity index (χ4v) is 16.8. The van der Waals surface area contributed by atoms with Gasteiger partial charge in [0.1, 0.15) is 58.3 Å². The van der Waals surface area contributed by atoms with E-state index in [4.69, 9.17) is 199 Å². The molecule has 0 radical (unpaired) electrons. The van der Waals surface area contributed by atoms with Crippen LogP contribution in [0.3, 0.4) is 0 Å². The number of nitrogens with one attached hydrogen (secondary N) is 9. The van der Waals surface area contributed by atoms with Crippen LogP contribution in [0.25, 0.3) is 0 Å². The number of aliphatic hydroxyl groups is 1. The number of aromatic amines is 1. The molecule has 14 N–H and O–H groups in total. The van der Waals surface area contributed by atoms with E-state index in [9.17, 15) is 28.8 Å². The number of methoxy groups -OCH3 is 6. The van der Waals surface area contributed by atoms with E-state index in [1.54, 1.807) is 116 Å². The van der Waals surface area contributed by atoms with E-state index in [0.29, 0.717) is 141 Å². The number of carboxylic acids is 1. The van der Waals surface area contributed by atoms with E-state index in [0.717, 1.165) is 76.3 Å². The van der Waals surface area contributed by atoms with E-state index in [-0.39, 0.29) is 88.4 Å². The smallest absolute Gasteiger partial charge is 0.870 e. The van der Waals surface area contributed by atoms with Crippen molar-refractivity contribution in [1.82, 2.24) is 36.9 Å². The van der Waals surface area contributed by atoms with E-state index >= 15 is 0 Å². The van der Waals surface area contributed by atoms with Crippen molar-refractivity contribution in [3.63, 3.8) is 0 Å². The van der Waals surface area contributed by atoms with Crippen LogP contribution in [0.1, 0.15) is 57.4 Å². The van der Waals surface area contributed by atoms with Gasteiger partial charge in [-0.05, 0) is 197 Å². The quantitative estimate of drug-likeness (QED) is 0.00985. The van der Waals surface area contributed by atoms with Crippen molar-refractivity contribution in [2.75, 3.05) is 103 Å². The molecule has 2 amide bonds. The van der Waals surface area contributed by atoms with E-state index < -0.39 is 43.4 Å². The Bertz CT molecular complexity index is 5510. The first-order valence-corrected chi connectivity index (χ1v) is 53.1. The summed E-state index contributed by atoms with van der Waals surface area (Å²) in [6, 6.07) is 31.8. The molecular formula is C73H72Cl16ILiN16O16S7Si. The van der Waals surface area contributed by atoms with Crippen molar-refractivity contribution in [2.24, 2.45) is 5.73 Å². The third kappa shape index (κ3) is 43.5. The summed E-state index contributed by atoms with van der Waals surface area (Å²) in [5.41, 5.74) is 8.33. The number of carbonyl (C=O) groups excluding carboxylic acids is 4. The Morgan fingerprint density at radius 2 is 0.664 bits per heavy atom. The SMILES string of the molecule is CN.CNC(=O)c1c(Nc2cc(Cl)cc(Cl)c2)s[nH]c1=O.CNC(=O)c1c(OC)nsc1Nc1cc(Cl)cc(Cl)c1.CO.COC(=O)c1c(OC)nsc1Nc1cc(Cl)cc(Cl)c1.COc1nsc(Nc2cc(Cl)cc(Cl)c2)c1C#N.COc1nsc(Nc2cc(Cl)cc(Cl)c2)c1C(=O)Cl.COc1nsc(Nc2cc(Cl)cc(Cl)c2)c1C(=O)O.C[Si](C)(C)I.Cl.O=S(Cl)Cl.[Li+].[OH-]. The minimum absolute atomic E-state index is 0. The largest absolute Gasteiger partial charge is 1.00 e. The molecule has 0 aliphatic rings. The predicted octanol–water partition coefficient (Wildman–Crippen LogP) is 22.7. The summed E-state index contributed by atoms with van der Waals surface area (Å²) in [7, 11) is 21.3. The zero-order valence-electron chi connectivity index (χ0n) is 69.6. The number of hydrogen-bond acceptors (Lipinski definition) is 34. The van der Waals surface area contributed by atoms with Gasteiger partial charge in [-0.3, -0.25) is 23.6 Å². The molecule has 0 aliphatic heterocycles. The van der Waals surface area contributed by atoms with E-state index in [2.05, 4.69) is 137 Å². The van der Waals surface area contributed by atoms with Crippen LogP contribution in [-0.2, 0) is 14.0 Å². The molecule has 12 rings (SSSR count). The molecule has 6 heterocycles. The van der Waals surface area contributed by atoms with Crippen molar-refractivity contribution in [1.29, 1.82) is 5.26 Å². The number of esters is 1. The number of amides is 2. The van der Waals surface area contributed by atoms with Gasteiger partial charge >= 0.3 is 30.8 Å². The number of nitrogens with zero attached hydrogens (tertiary/aromatic N) is 6. The van der Waals surface area contributed by atoms with Crippen molar-refractivity contribution in [3.05, 3.63) is 213 Å². The molecule has 0 fully saturated rings. The van der Waals surface area contributed by atoms with Gasteiger partial charge in [0.15, 0.2) is 16.7 Å². The maximum atomic E-state index is 11.9. The second-order valence-corrected chi connectivity index (χ2v) is 50.1. The van der Waals surface area contributed by atoms with Crippen LogP contribution >= 0.6 is 276 Å². The summed E-state index contributed by atoms with van der Waals surface area (Å²) < 4.78 is 61.3. The fourth-order valence-electron chi connectivity index (χ4n) is 8.83. The second-order valence-electron chi connectivity index (χ2n) is 23.5. The molecule has 6 aromatic heterocycles. The molecule has 0 unspecified atom stereocenters. The summed E-state index contributed by atoms with van der Waals surface area (Å²) in [5, 5.41) is 56.1. The Labute approximate surface area is 883 Å². The van der Waals surface area contributed by atoms with Gasteiger partial charge in [0.05, 0.1) is 42.7 Å². The normalized spacial score (nSPS) is 9.76. The predicted molar refractivity (Wildman–Crippen MR) is 551 cm³/mol. The van der Waals surface area contributed by atoms with Crippen molar-refractivity contribution in [2.45, 2.75) is 19.6 Å². The molecule has 58 heteroatoms. The molecule has 0 spiro atoms. The number of hydrogen-bond donors (Lipinski definition) is 12. The molecule has 0 atom stereocenters. The fraction of sp³-hybridized carbons (Fsp3) is 0.178. The molecule has 12 aromatic rings. The van der Waals surface area contributed by atoms with Gasteiger partial charge in [-0.25, -0.2) is 13.8 Å². The Hall–Kier alpha value is -6.05. The molecule has 0 saturated carbocycles. The minimum atomic E-state index is -1.67. The third-order valence-corrected chi connectivity index (χ3v) is 20.8. The summed E-state index contributed by atoms with van der Waals surface area (Å²) in [5.74, 6) is -1.38. The van der Waals surface area contributed by atoms with Crippen LogP contribution in [0.2, 0.25) is 79.9 Å². The van der Waals surface area contributed by atoms with Crippen molar-refractivity contribution in [3.8, 4) is 35.5 Å². The molecule has 32 nitrogen and oxygen atoms in total. The van der Waals surface area contributed by atoms with Gasteiger partial charge in [-0.15, -0.1) is 34.2 Å². The van der Waals surface area contributed by atoms with Gasteiger partial charge in [-0.2, -0.15) is 27.1 Å². The van der Waals surface area contributed by atoms with Gasteiger partial charge in [0.2, 0.25) is 38.6 Å². The van der Waals surface area contributed by atoms with Crippen LogP contribution in [0.15, 0.2) is 114 Å². The topological polar surface area (TPSA) is 472 Å². The number of rotatable bonds is 22. The standard InChI is InChI=1S/C12H11Cl2N3O2S.C12H10Cl2N2O3S.C11H7Cl3N2O2S.C11H9Cl2N3O2S.C11H7Cl2N3OS.C11H8Cl2N2O3S.C3H9ISi.CH5N.CH4O.Cl2OS.ClH.Li.H2O/c1-15-10(18)9-11(19-2)17-20-12(9)16-8-4-6(13)3-7(14)5-8;1-18-10-9(12(17)19-2)11(20-16-10)15-8-4-6(13)3-7(14)5-8;1-18-10-8(9(14)17)11(19-16-10)15-7-3-5(12)2-6(13)4-7;1-14-9(17)8-10(18)16-19-11(8)15-7-3-5(12)2-6(13)4-7;1-17-10-9(5-14)11(18-16-10)15-8-3-6(12)2-7(13)4-8;1-18-9-8(11(16)17)10(19-15-9)14-7-3-5(12)2-6(13)4-7;1-5(2,3)4;2*1-2;1-4(2)3;;;/h3-5,16H,1-2H3,(H,15,18);3-5,15H,1-2H3;2-4,15H,1H3;2-4,15H,1H3,(H,14,17)(H,16,18);2-4,15H,1H3;2-4,14H,1H3,(H,16,17);1-3H3;2H2,1H3;2H,1H3;;1H;;1H2/q;;;;;;;;;;;+1;/p-1. The zero-order chi connectivity index (χ0) is 96.6. The maximum Gasteiger partial charge on any atom is 1.00 e. The van der Waals surface area contributed by atoms with Crippen LogP contribution < -0.4 is 96.4 Å². The molecule has 0 saturated heterocycles. The Morgan fingerprint density at radius 3 is 0.924 bits per heavy atom. The molecular weight excluding hydrogens is 2310 g/mol. The summed E-state index contributed by atoms with van der Waals surface area (Å²) in [6.07, 6.45) is 0. The van der Waals surface area contributed by atoms with Crippen LogP contribution in [0, 0.1) is 11.3 Å². The number of carbonyl (C=O) groups is 5. The number of ether oxygens (including phenoxy) is 6. The number of halogens is 17. The van der Waals surface area contributed by atoms with E-state index in [1.807, 2.05) is 6.07 Å². The number of benzene rings is 6. The van der Waals surface area contributed by atoms with Crippen molar-refractivity contribution >= 4 is 383 Å². The summed E-state index contributed by atoms with van der Waals surface area (Å²) in [6.45, 7) is 6.94. The maximum absolute atomic E-state index is 11.9. The number of aromatic nitrogens is 6. The average Bonchev–Trinajstić information content (AvgIpc) is 1.74. The van der Waals surface area contributed by atoms with Crippen molar-refractivity contribution < 1.29 is 91.2 Å². The number of carboxylic acid groups (broad SMARTS) is 1. The molecule has 0 aliphatic carbocycles. The molecule has 0 bridgehead atoms. The first-order chi connectivity index (χ1) is 60.5. The van der Waals surface area contributed by atoms with Gasteiger partial charge in [0.25, 0.3) is 22.6 Å². The molecule has 131 heavy (non-hydrogen) atoms. The Kier molecular flexibility index (Phi) is 61.2. The van der Waals surface area contributed by atoms with Crippen LogP contribution in [-0.4, -0.2) is 152 Å². The molecule has 706 valence electrons. The number of aromatic carboxylic acids is 1. The Morgan fingerprint density at radius 1 is 0.443 bits per heavy atom.